The summed E-state index contributed by atoms with van der Waals surface area (Å²) in [4.78, 5) is 25.3. The molecule has 1 aromatic carbocycles. The van der Waals surface area contributed by atoms with E-state index in [0.717, 1.165) is 18.7 Å². The molecule has 4 nitrogen and oxygen atoms in total. The van der Waals surface area contributed by atoms with Crippen LogP contribution in [0.5, 0.6) is 0 Å². The molecule has 0 unspecified atom stereocenters. The summed E-state index contributed by atoms with van der Waals surface area (Å²) < 4.78 is -0.619. The minimum Gasteiger partial charge on any atom is -0.325 e. The normalized spacial score (nSPS) is 15.7. The molecule has 0 spiro atoms. The summed E-state index contributed by atoms with van der Waals surface area (Å²) in [5, 5.41) is 2.84. The average Bonchev–Trinajstić information content (AvgIpc) is 2.74. The predicted octanol–water partition coefficient (Wildman–Crippen LogP) is 2.93. The molecule has 1 aliphatic rings. The van der Waals surface area contributed by atoms with Gasteiger partial charge in [-0.15, -0.1) is 0 Å². The number of nitrogens with zero attached hydrogens (tertiary/aromatic N) is 1. The SMILES string of the molecule is CC(C)(Br)C(=O)Nc1cccc(N2CCCC2=O)c1. The summed E-state index contributed by atoms with van der Waals surface area (Å²) in [6.07, 6.45) is 1.49. The molecule has 1 aliphatic heterocycles. The molecule has 0 saturated carbocycles. The van der Waals surface area contributed by atoms with Crippen LogP contribution in [0.4, 0.5) is 11.4 Å². The van der Waals surface area contributed by atoms with Crippen molar-refractivity contribution in [3.05, 3.63) is 24.3 Å². The van der Waals surface area contributed by atoms with Gasteiger partial charge in [0, 0.05) is 24.3 Å². The second-order valence-corrected chi connectivity index (χ2v) is 7.11. The number of carbonyl (C=O) groups is 2. The van der Waals surface area contributed by atoms with Crippen LogP contribution in [0.15, 0.2) is 24.3 Å². The summed E-state index contributed by atoms with van der Waals surface area (Å²) in [6.45, 7) is 4.33. The number of hydrogen-bond donors (Lipinski definition) is 1. The van der Waals surface area contributed by atoms with E-state index in [1.54, 1.807) is 18.7 Å². The van der Waals surface area contributed by atoms with Gasteiger partial charge in [0.05, 0.1) is 4.32 Å². The maximum atomic E-state index is 11.9. The molecule has 102 valence electrons. The number of rotatable bonds is 3. The Morgan fingerprint density at radius 1 is 1.42 bits per heavy atom. The number of halogens is 1. The topological polar surface area (TPSA) is 49.4 Å². The molecule has 0 aliphatic carbocycles. The van der Waals surface area contributed by atoms with E-state index in [-0.39, 0.29) is 11.8 Å². The Morgan fingerprint density at radius 2 is 2.16 bits per heavy atom. The summed E-state index contributed by atoms with van der Waals surface area (Å²) in [5.41, 5.74) is 1.54. The van der Waals surface area contributed by atoms with Crippen LogP contribution in [-0.4, -0.2) is 22.7 Å². The molecule has 19 heavy (non-hydrogen) atoms. The van der Waals surface area contributed by atoms with Crippen molar-refractivity contribution in [2.24, 2.45) is 0 Å². The molecule has 0 radical (unpaired) electrons. The Balaban J connectivity index is 2.16. The summed E-state index contributed by atoms with van der Waals surface area (Å²) in [6, 6.07) is 7.39. The largest absolute Gasteiger partial charge is 0.325 e. The Bertz CT molecular complexity index is 508. The monoisotopic (exact) mass is 324 g/mol. The van der Waals surface area contributed by atoms with Crippen molar-refractivity contribution in [3.8, 4) is 0 Å². The van der Waals surface area contributed by atoms with Crippen LogP contribution in [0.3, 0.4) is 0 Å². The van der Waals surface area contributed by atoms with Gasteiger partial charge in [-0.05, 0) is 38.5 Å². The van der Waals surface area contributed by atoms with Gasteiger partial charge in [-0.25, -0.2) is 0 Å². The van der Waals surface area contributed by atoms with Crippen LogP contribution in [0.1, 0.15) is 26.7 Å². The molecule has 0 aromatic heterocycles. The first-order valence-corrected chi connectivity index (χ1v) is 7.08. The van der Waals surface area contributed by atoms with Gasteiger partial charge < -0.3 is 10.2 Å². The first-order chi connectivity index (χ1) is 8.88. The number of amides is 2. The molecule has 1 aromatic rings. The molecule has 1 fully saturated rings. The lowest BCUT2D eigenvalue weighted by Gasteiger charge is -2.19. The minimum atomic E-state index is -0.619. The van der Waals surface area contributed by atoms with E-state index in [0.29, 0.717) is 12.1 Å². The quantitative estimate of drug-likeness (QED) is 0.869. The zero-order valence-electron chi connectivity index (χ0n) is 11.1. The Hall–Kier alpha value is -1.36. The molecular weight excluding hydrogens is 308 g/mol. The van der Waals surface area contributed by atoms with E-state index in [1.807, 2.05) is 24.3 Å². The molecule has 1 heterocycles. The third-order valence-electron chi connectivity index (χ3n) is 3.03. The van der Waals surface area contributed by atoms with Crippen molar-refractivity contribution in [1.82, 2.24) is 0 Å². The van der Waals surface area contributed by atoms with Crippen molar-refractivity contribution in [3.63, 3.8) is 0 Å². The standard InChI is InChI=1S/C14H17BrN2O2/c1-14(2,15)13(19)16-10-5-3-6-11(9-10)17-8-4-7-12(17)18/h3,5-6,9H,4,7-8H2,1-2H3,(H,16,19). The van der Waals surface area contributed by atoms with E-state index in [2.05, 4.69) is 21.2 Å². The van der Waals surface area contributed by atoms with Crippen molar-refractivity contribution in [2.75, 3.05) is 16.8 Å². The lowest BCUT2D eigenvalue weighted by Crippen LogP contribution is -2.31. The van der Waals surface area contributed by atoms with E-state index < -0.39 is 4.32 Å². The summed E-state index contributed by atoms with van der Waals surface area (Å²) in [7, 11) is 0. The molecule has 5 heteroatoms. The minimum absolute atomic E-state index is 0.114. The number of benzene rings is 1. The number of carbonyl (C=O) groups excluding carboxylic acids is 2. The number of anilines is 2. The lowest BCUT2D eigenvalue weighted by atomic mass is 10.2. The highest BCUT2D eigenvalue weighted by atomic mass is 79.9. The Labute approximate surface area is 121 Å². The van der Waals surface area contributed by atoms with E-state index in [1.165, 1.54) is 0 Å². The van der Waals surface area contributed by atoms with Crippen molar-refractivity contribution in [1.29, 1.82) is 0 Å². The molecular formula is C14H17BrN2O2. The molecule has 1 saturated heterocycles. The third-order valence-corrected chi connectivity index (χ3v) is 3.39. The fourth-order valence-corrected chi connectivity index (χ4v) is 2.05. The highest BCUT2D eigenvalue weighted by Crippen LogP contribution is 2.25. The smallest absolute Gasteiger partial charge is 0.240 e. The number of alkyl halides is 1. The Kier molecular flexibility index (Phi) is 3.94. The van der Waals surface area contributed by atoms with Crippen LogP contribution >= 0.6 is 15.9 Å². The van der Waals surface area contributed by atoms with Crippen molar-refractivity contribution < 1.29 is 9.59 Å². The molecule has 0 atom stereocenters. The lowest BCUT2D eigenvalue weighted by molar-refractivity contribution is -0.118. The van der Waals surface area contributed by atoms with Gasteiger partial charge in [-0.3, -0.25) is 9.59 Å². The second-order valence-electron chi connectivity index (χ2n) is 5.13. The number of hydrogen-bond acceptors (Lipinski definition) is 2. The molecule has 1 N–H and O–H groups in total. The first kappa shape index (κ1) is 14.1. The first-order valence-electron chi connectivity index (χ1n) is 6.29. The van der Waals surface area contributed by atoms with E-state index in [9.17, 15) is 9.59 Å². The highest BCUT2D eigenvalue weighted by Gasteiger charge is 2.25. The van der Waals surface area contributed by atoms with Gasteiger partial charge in [0.25, 0.3) is 0 Å². The van der Waals surface area contributed by atoms with Crippen molar-refractivity contribution >= 4 is 39.1 Å². The highest BCUT2D eigenvalue weighted by molar-refractivity contribution is 9.10. The van der Waals surface area contributed by atoms with Crippen LogP contribution < -0.4 is 10.2 Å². The van der Waals surface area contributed by atoms with Gasteiger partial charge in [-0.1, -0.05) is 22.0 Å². The predicted molar refractivity (Wildman–Crippen MR) is 79.7 cm³/mol. The summed E-state index contributed by atoms with van der Waals surface area (Å²) >= 11 is 3.32. The van der Waals surface area contributed by atoms with Crippen LogP contribution in [0.25, 0.3) is 0 Å². The van der Waals surface area contributed by atoms with Crippen molar-refractivity contribution in [2.45, 2.75) is 31.0 Å². The van der Waals surface area contributed by atoms with Crippen LogP contribution in [-0.2, 0) is 9.59 Å². The molecule has 2 amide bonds. The number of nitrogens with one attached hydrogen (secondary N) is 1. The van der Waals surface area contributed by atoms with Gasteiger partial charge in [0.1, 0.15) is 0 Å². The second kappa shape index (κ2) is 5.33. The van der Waals surface area contributed by atoms with Crippen LogP contribution in [0, 0.1) is 0 Å². The van der Waals surface area contributed by atoms with E-state index >= 15 is 0 Å². The fourth-order valence-electron chi connectivity index (χ4n) is 1.95. The maximum absolute atomic E-state index is 11.9. The Morgan fingerprint density at radius 3 is 2.74 bits per heavy atom. The third kappa shape index (κ3) is 3.35. The van der Waals surface area contributed by atoms with Gasteiger partial charge in [0.2, 0.25) is 11.8 Å². The fraction of sp³-hybridized carbons (Fsp3) is 0.429. The van der Waals surface area contributed by atoms with Crippen LogP contribution in [0.2, 0.25) is 0 Å². The van der Waals surface area contributed by atoms with E-state index in [4.69, 9.17) is 0 Å². The van der Waals surface area contributed by atoms with Gasteiger partial charge in [-0.2, -0.15) is 0 Å². The molecule has 0 bridgehead atoms. The zero-order chi connectivity index (χ0) is 14.0. The van der Waals surface area contributed by atoms with Gasteiger partial charge in [0.15, 0.2) is 0 Å². The average molecular weight is 325 g/mol. The molecule has 2 rings (SSSR count). The zero-order valence-corrected chi connectivity index (χ0v) is 12.7. The van der Waals surface area contributed by atoms with Gasteiger partial charge >= 0.3 is 0 Å². The summed E-state index contributed by atoms with van der Waals surface area (Å²) in [5.74, 6) is 0.0293. The maximum Gasteiger partial charge on any atom is 0.240 e.